The van der Waals surface area contributed by atoms with Crippen molar-refractivity contribution >= 4 is 11.6 Å². The second-order valence-corrected chi connectivity index (χ2v) is 7.34. The Balaban J connectivity index is 1.30. The van der Waals surface area contributed by atoms with Gasteiger partial charge < -0.3 is 15.0 Å². The first-order valence-corrected chi connectivity index (χ1v) is 9.92. The highest BCUT2D eigenvalue weighted by molar-refractivity contribution is 5.80. The summed E-state index contributed by atoms with van der Waals surface area (Å²) < 4.78 is 2.03. The highest BCUT2D eigenvalue weighted by Gasteiger charge is 2.27. The Labute approximate surface area is 166 Å². The van der Waals surface area contributed by atoms with E-state index in [1.165, 1.54) is 5.56 Å². The predicted octanol–water partition coefficient (Wildman–Crippen LogP) is 2.83. The topological polar surface area (TPSA) is 57.0 Å². The van der Waals surface area contributed by atoms with E-state index in [-0.39, 0.29) is 0 Å². The van der Waals surface area contributed by atoms with E-state index in [1.54, 1.807) is 0 Å². The lowest BCUT2D eigenvalue weighted by Crippen LogP contribution is -2.44. The van der Waals surface area contributed by atoms with Crippen LogP contribution in [0, 0.1) is 0 Å². The molecule has 1 saturated heterocycles. The number of guanidine groups is 1. The van der Waals surface area contributed by atoms with Gasteiger partial charge in [0.05, 0.1) is 12.2 Å². The fraction of sp³-hybridized carbons (Fsp3) is 0.364. The second kappa shape index (κ2) is 8.44. The minimum absolute atomic E-state index is 0.401. The summed E-state index contributed by atoms with van der Waals surface area (Å²) in [6, 6.07) is 17.6. The van der Waals surface area contributed by atoms with Crippen molar-refractivity contribution in [2.24, 2.45) is 4.99 Å². The Morgan fingerprint density at radius 2 is 2.04 bits per heavy atom. The molecule has 4 rings (SSSR count). The Bertz CT molecular complexity index is 899. The van der Waals surface area contributed by atoms with Crippen LogP contribution in [0.2, 0.25) is 0 Å². The lowest BCUT2D eigenvalue weighted by molar-refractivity contribution is 0.258. The van der Waals surface area contributed by atoms with Gasteiger partial charge in [0.1, 0.15) is 5.65 Å². The first kappa shape index (κ1) is 18.5. The molecule has 1 aliphatic rings. The zero-order valence-corrected chi connectivity index (χ0v) is 16.5. The van der Waals surface area contributed by atoms with Crippen LogP contribution in [0.4, 0.5) is 0 Å². The van der Waals surface area contributed by atoms with Gasteiger partial charge in [-0.3, -0.25) is 9.89 Å². The number of rotatable bonds is 5. The number of pyridine rings is 1. The van der Waals surface area contributed by atoms with E-state index >= 15 is 0 Å². The third-order valence-electron chi connectivity index (χ3n) is 5.46. The van der Waals surface area contributed by atoms with Crippen molar-refractivity contribution in [2.75, 3.05) is 20.1 Å². The maximum atomic E-state index is 4.63. The number of nitrogens with one attached hydrogen (secondary N) is 2. The van der Waals surface area contributed by atoms with Crippen molar-refractivity contribution in [2.45, 2.75) is 32.0 Å². The van der Waals surface area contributed by atoms with Gasteiger partial charge in [-0.05, 0) is 31.0 Å². The molecular formula is C22H28N6. The van der Waals surface area contributed by atoms with Crippen molar-refractivity contribution < 1.29 is 0 Å². The lowest BCUT2D eigenvalue weighted by Gasteiger charge is -2.25. The third-order valence-corrected chi connectivity index (χ3v) is 5.46. The van der Waals surface area contributed by atoms with Gasteiger partial charge in [0, 0.05) is 44.6 Å². The van der Waals surface area contributed by atoms with Crippen LogP contribution in [-0.2, 0) is 6.54 Å². The molecule has 2 atom stereocenters. The van der Waals surface area contributed by atoms with Gasteiger partial charge >= 0.3 is 0 Å². The molecule has 3 heterocycles. The molecule has 0 spiro atoms. The molecule has 6 heteroatoms. The molecule has 0 aliphatic carbocycles. The van der Waals surface area contributed by atoms with Gasteiger partial charge in [0.25, 0.3) is 0 Å². The van der Waals surface area contributed by atoms with Crippen molar-refractivity contribution in [3.8, 4) is 0 Å². The summed E-state index contributed by atoms with van der Waals surface area (Å²) >= 11 is 0. The number of imidazole rings is 1. The minimum Gasteiger partial charge on any atom is -0.352 e. The standard InChI is InChI=1S/C22H28N6/c1-17(18-8-4-3-5-9-18)27-13-11-19(15-27)26-22(23-2)24-14-20-16-28-12-7-6-10-21(28)25-20/h3-10,12,16-17,19H,11,13-15H2,1-2H3,(H2,23,24,26). The Morgan fingerprint density at radius 3 is 2.82 bits per heavy atom. The molecule has 0 bridgehead atoms. The molecule has 0 radical (unpaired) electrons. The highest BCUT2D eigenvalue weighted by Crippen LogP contribution is 2.24. The van der Waals surface area contributed by atoms with E-state index in [1.807, 2.05) is 35.8 Å². The molecule has 146 valence electrons. The zero-order valence-electron chi connectivity index (χ0n) is 16.5. The highest BCUT2D eigenvalue weighted by atomic mass is 15.3. The van der Waals surface area contributed by atoms with E-state index in [4.69, 9.17) is 0 Å². The van der Waals surface area contributed by atoms with Crippen LogP contribution in [0.5, 0.6) is 0 Å². The summed E-state index contributed by atoms with van der Waals surface area (Å²) in [7, 11) is 1.82. The molecule has 2 aromatic heterocycles. The minimum atomic E-state index is 0.401. The summed E-state index contributed by atoms with van der Waals surface area (Å²) in [5, 5.41) is 6.96. The SMILES string of the molecule is CN=C(NCc1cn2ccccc2n1)NC1CCN(C(C)c2ccccc2)C1. The quantitative estimate of drug-likeness (QED) is 0.531. The number of benzene rings is 1. The maximum absolute atomic E-state index is 4.63. The molecule has 3 aromatic rings. The average Bonchev–Trinajstić information content (AvgIpc) is 3.37. The normalized spacial score (nSPS) is 19.1. The third kappa shape index (κ3) is 4.17. The van der Waals surface area contributed by atoms with E-state index < -0.39 is 0 Å². The van der Waals surface area contributed by atoms with Gasteiger partial charge in [0.15, 0.2) is 5.96 Å². The zero-order chi connectivity index (χ0) is 19.3. The van der Waals surface area contributed by atoms with Crippen molar-refractivity contribution in [3.05, 3.63) is 72.2 Å². The van der Waals surface area contributed by atoms with Crippen LogP contribution in [-0.4, -0.2) is 46.4 Å². The number of aromatic nitrogens is 2. The number of aliphatic imine (C=N–C) groups is 1. The number of nitrogens with zero attached hydrogens (tertiary/aromatic N) is 4. The maximum Gasteiger partial charge on any atom is 0.191 e. The molecule has 2 N–H and O–H groups in total. The predicted molar refractivity (Wildman–Crippen MR) is 113 cm³/mol. The Hall–Kier alpha value is -2.86. The number of hydrogen-bond donors (Lipinski definition) is 2. The first-order chi connectivity index (χ1) is 13.7. The summed E-state index contributed by atoms with van der Waals surface area (Å²) in [6.07, 6.45) is 5.18. The summed E-state index contributed by atoms with van der Waals surface area (Å²) in [5.41, 5.74) is 3.33. The van der Waals surface area contributed by atoms with Crippen LogP contribution in [0.15, 0.2) is 65.9 Å². The molecule has 2 unspecified atom stereocenters. The fourth-order valence-electron chi connectivity index (χ4n) is 3.83. The summed E-state index contributed by atoms with van der Waals surface area (Å²) in [4.78, 5) is 11.5. The monoisotopic (exact) mass is 376 g/mol. The second-order valence-electron chi connectivity index (χ2n) is 7.34. The van der Waals surface area contributed by atoms with E-state index in [0.29, 0.717) is 18.6 Å². The van der Waals surface area contributed by atoms with Gasteiger partial charge in [-0.1, -0.05) is 36.4 Å². The van der Waals surface area contributed by atoms with Crippen LogP contribution in [0.3, 0.4) is 0 Å². The van der Waals surface area contributed by atoms with Crippen molar-refractivity contribution in [1.82, 2.24) is 24.9 Å². The molecule has 1 aromatic carbocycles. The van der Waals surface area contributed by atoms with Crippen LogP contribution in [0.25, 0.3) is 5.65 Å². The molecule has 1 aliphatic heterocycles. The van der Waals surface area contributed by atoms with Crippen LogP contribution >= 0.6 is 0 Å². The largest absolute Gasteiger partial charge is 0.352 e. The Morgan fingerprint density at radius 1 is 1.21 bits per heavy atom. The Kier molecular flexibility index (Phi) is 5.58. The van der Waals surface area contributed by atoms with E-state index in [0.717, 1.165) is 36.8 Å². The molecule has 1 fully saturated rings. The molecule has 28 heavy (non-hydrogen) atoms. The van der Waals surface area contributed by atoms with Gasteiger partial charge in [0.2, 0.25) is 0 Å². The number of fused-ring (bicyclic) bond motifs is 1. The molecule has 6 nitrogen and oxygen atoms in total. The average molecular weight is 377 g/mol. The fourth-order valence-corrected chi connectivity index (χ4v) is 3.83. The molecule has 0 saturated carbocycles. The van der Waals surface area contributed by atoms with Crippen LogP contribution < -0.4 is 10.6 Å². The van der Waals surface area contributed by atoms with E-state index in [2.05, 4.69) is 69.0 Å². The lowest BCUT2D eigenvalue weighted by atomic mass is 10.1. The molecular weight excluding hydrogens is 348 g/mol. The number of likely N-dealkylation sites (tertiary alicyclic amines) is 1. The summed E-state index contributed by atoms with van der Waals surface area (Å²) in [5.74, 6) is 0.830. The van der Waals surface area contributed by atoms with Crippen molar-refractivity contribution in [1.29, 1.82) is 0 Å². The van der Waals surface area contributed by atoms with Gasteiger partial charge in [-0.2, -0.15) is 0 Å². The first-order valence-electron chi connectivity index (χ1n) is 9.92. The van der Waals surface area contributed by atoms with E-state index in [9.17, 15) is 0 Å². The summed E-state index contributed by atoms with van der Waals surface area (Å²) in [6.45, 7) is 5.05. The van der Waals surface area contributed by atoms with Crippen LogP contribution in [0.1, 0.15) is 30.6 Å². The van der Waals surface area contributed by atoms with Crippen molar-refractivity contribution in [3.63, 3.8) is 0 Å². The number of hydrogen-bond acceptors (Lipinski definition) is 3. The molecule has 0 amide bonds. The smallest absolute Gasteiger partial charge is 0.191 e. The van der Waals surface area contributed by atoms with Gasteiger partial charge in [-0.25, -0.2) is 4.98 Å². The van der Waals surface area contributed by atoms with Gasteiger partial charge in [-0.15, -0.1) is 0 Å².